The number of hydrogen-bond donors (Lipinski definition) is 1. The molecule has 0 aliphatic carbocycles. The van der Waals surface area contributed by atoms with Crippen LogP contribution in [0.4, 0.5) is 0 Å². The zero-order valence-electron chi connectivity index (χ0n) is 8.79. The normalized spacial score (nSPS) is 8.87. The van der Waals surface area contributed by atoms with Crippen LogP contribution in [0, 0.1) is 11.8 Å². The van der Waals surface area contributed by atoms with Crippen LogP contribution in [0.1, 0.15) is 19.0 Å². The SMILES string of the molecule is CCC#CCNC(=S)Cc1ccccn1. The summed E-state index contributed by atoms with van der Waals surface area (Å²) in [6.45, 7) is 2.65. The topological polar surface area (TPSA) is 24.9 Å². The van der Waals surface area contributed by atoms with Crippen LogP contribution < -0.4 is 5.32 Å². The summed E-state index contributed by atoms with van der Waals surface area (Å²) in [5.41, 5.74) is 0.985. The molecule has 0 saturated carbocycles. The van der Waals surface area contributed by atoms with Gasteiger partial charge in [0.1, 0.15) is 0 Å². The van der Waals surface area contributed by atoms with Crippen molar-refractivity contribution >= 4 is 17.2 Å². The van der Waals surface area contributed by atoms with E-state index in [9.17, 15) is 0 Å². The molecule has 1 aromatic rings. The van der Waals surface area contributed by atoms with Crippen LogP contribution in [-0.4, -0.2) is 16.5 Å². The van der Waals surface area contributed by atoms with E-state index in [0.717, 1.165) is 17.1 Å². The van der Waals surface area contributed by atoms with Crippen molar-refractivity contribution in [3.63, 3.8) is 0 Å². The molecule has 1 rings (SSSR count). The first-order chi connectivity index (χ1) is 7.33. The van der Waals surface area contributed by atoms with Crippen molar-refractivity contribution in [2.75, 3.05) is 6.54 Å². The number of thiocarbonyl (C=S) groups is 1. The molecule has 0 radical (unpaired) electrons. The fourth-order valence-electron chi connectivity index (χ4n) is 1.06. The van der Waals surface area contributed by atoms with E-state index in [1.807, 2.05) is 25.1 Å². The van der Waals surface area contributed by atoms with Crippen LogP contribution in [0.15, 0.2) is 24.4 Å². The average molecular weight is 218 g/mol. The molecule has 0 atom stereocenters. The summed E-state index contributed by atoms with van der Waals surface area (Å²) >= 11 is 5.17. The van der Waals surface area contributed by atoms with Gasteiger partial charge in [0.15, 0.2) is 0 Å². The summed E-state index contributed by atoms with van der Waals surface area (Å²) in [5.74, 6) is 5.96. The number of aromatic nitrogens is 1. The fraction of sp³-hybridized carbons (Fsp3) is 0.333. The largest absolute Gasteiger partial charge is 0.368 e. The molecule has 0 saturated heterocycles. The van der Waals surface area contributed by atoms with E-state index in [1.165, 1.54) is 0 Å². The first kappa shape index (κ1) is 11.7. The van der Waals surface area contributed by atoms with Crippen molar-refractivity contribution in [3.05, 3.63) is 30.1 Å². The zero-order chi connectivity index (χ0) is 10.9. The molecule has 0 aromatic carbocycles. The third-order valence-corrected chi connectivity index (χ3v) is 2.03. The summed E-state index contributed by atoms with van der Waals surface area (Å²) in [7, 11) is 0. The van der Waals surface area contributed by atoms with Crippen LogP contribution in [0.3, 0.4) is 0 Å². The Hall–Kier alpha value is -1.40. The van der Waals surface area contributed by atoms with Gasteiger partial charge in [-0.15, -0.1) is 5.92 Å². The number of nitrogens with one attached hydrogen (secondary N) is 1. The second kappa shape index (κ2) is 6.97. The van der Waals surface area contributed by atoms with Crippen LogP contribution in [0.2, 0.25) is 0 Å². The fourth-order valence-corrected chi connectivity index (χ4v) is 1.28. The highest BCUT2D eigenvalue weighted by Crippen LogP contribution is 1.95. The van der Waals surface area contributed by atoms with Gasteiger partial charge in [-0.3, -0.25) is 4.98 Å². The van der Waals surface area contributed by atoms with Gasteiger partial charge < -0.3 is 5.32 Å². The summed E-state index contributed by atoms with van der Waals surface area (Å²) < 4.78 is 0. The molecule has 0 fully saturated rings. The second-order valence-corrected chi connectivity index (χ2v) is 3.47. The van der Waals surface area contributed by atoms with E-state index in [1.54, 1.807) is 6.20 Å². The maximum atomic E-state index is 5.17. The van der Waals surface area contributed by atoms with Crippen molar-refractivity contribution in [1.29, 1.82) is 0 Å². The minimum absolute atomic E-state index is 0.625. The molecule has 0 amide bonds. The predicted octanol–water partition coefficient (Wildman–Crippen LogP) is 1.95. The van der Waals surface area contributed by atoms with Gasteiger partial charge in [-0.2, -0.15) is 0 Å². The van der Waals surface area contributed by atoms with Gasteiger partial charge in [0.2, 0.25) is 0 Å². The van der Waals surface area contributed by atoms with E-state index < -0.39 is 0 Å². The van der Waals surface area contributed by atoms with Gasteiger partial charge in [-0.25, -0.2) is 0 Å². The molecular formula is C12H14N2S. The summed E-state index contributed by atoms with van der Waals surface area (Å²) in [6, 6.07) is 5.82. The standard InChI is InChI=1S/C12H14N2S/c1-2-3-5-9-14-12(15)10-11-7-4-6-8-13-11/h4,6-8H,2,9-10H2,1H3,(H,14,15). The van der Waals surface area contributed by atoms with Crippen LogP contribution in [-0.2, 0) is 6.42 Å². The maximum Gasteiger partial charge on any atom is 0.0821 e. The van der Waals surface area contributed by atoms with Gasteiger partial charge in [0, 0.05) is 24.7 Å². The number of hydrogen-bond acceptors (Lipinski definition) is 2. The van der Waals surface area contributed by atoms with Crippen LogP contribution in [0.5, 0.6) is 0 Å². The van der Waals surface area contributed by atoms with Crippen LogP contribution >= 0.6 is 12.2 Å². The summed E-state index contributed by atoms with van der Waals surface area (Å²) in [6.07, 6.45) is 3.34. The van der Waals surface area contributed by atoms with E-state index in [2.05, 4.69) is 22.1 Å². The van der Waals surface area contributed by atoms with E-state index in [4.69, 9.17) is 12.2 Å². The predicted molar refractivity (Wildman–Crippen MR) is 66.6 cm³/mol. The molecule has 1 aromatic heterocycles. The Morgan fingerprint density at radius 3 is 3.00 bits per heavy atom. The van der Waals surface area contributed by atoms with Crippen molar-refractivity contribution in [1.82, 2.24) is 10.3 Å². The molecular weight excluding hydrogens is 204 g/mol. The smallest absolute Gasteiger partial charge is 0.0821 e. The molecule has 2 nitrogen and oxygen atoms in total. The Kier molecular flexibility index (Phi) is 5.42. The van der Waals surface area contributed by atoms with Crippen molar-refractivity contribution in [2.45, 2.75) is 19.8 Å². The molecule has 3 heteroatoms. The first-order valence-electron chi connectivity index (χ1n) is 4.95. The molecule has 0 bridgehead atoms. The monoisotopic (exact) mass is 218 g/mol. The number of rotatable bonds is 3. The first-order valence-corrected chi connectivity index (χ1v) is 5.36. The van der Waals surface area contributed by atoms with Gasteiger partial charge in [0.25, 0.3) is 0 Å². The molecule has 15 heavy (non-hydrogen) atoms. The van der Waals surface area contributed by atoms with Crippen molar-refractivity contribution < 1.29 is 0 Å². The highest BCUT2D eigenvalue weighted by atomic mass is 32.1. The third-order valence-electron chi connectivity index (χ3n) is 1.74. The Balaban J connectivity index is 2.31. The van der Waals surface area contributed by atoms with E-state index in [-0.39, 0.29) is 0 Å². The molecule has 78 valence electrons. The molecule has 1 N–H and O–H groups in total. The van der Waals surface area contributed by atoms with Gasteiger partial charge in [0.05, 0.1) is 11.5 Å². The summed E-state index contributed by atoms with van der Waals surface area (Å²) in [5, 5.41) is 3.08. The Morgan fingerprint density at radius 1 is 1.47 bits per heavy atom. The van der Waals surface area contributed by atoms with Gasteiger partial charge in [-0.05, 0) is 12.1 Å². The zero-order valence-corrected chi connectivity index (χ0v) is 9.60. The Morgan fingerprint density at radius 2 is 2.33 bits per heavy atom. The van der Waals surface area contributed by atoms with Gasteiger partial charge >= 0.3 is 0 Å². The Labute approximate surface area is 96.1 Å². The molecule has 0 aliphatic heterocycles. The van der Waals surface area contributed by atoms with Crippen molar-refractivity contribution in [2.24, 2.45) is 0 Å². The maximum absolute atomic E-state index is 5.17. The van der Waals surface area contributed by atoms with Gasteiger partial charge in [-0.1, -0.05) is 31.1 Å². The van der Waals surface area contributed by atoms with E-state index >= 15 is 0 Å². The molecule has 0 unspecified atom stereocenters. The average Bonchev–Trinajstić information content (AvgIpc) is 2.26. The third kappa shape index (κ3) is 5.14. The highest BCUT2D eigenvalue weighted by Gasteiger charge is 1.97. The minimum Gasteiger partial charge on any atom is -0.368 e. The van der Waals surface area contributed by atoms with E-state index in [0.29, 0.717) is 13.0 Å². The lowest BCUT2D eigenvalue weighted by atomic mass is 10.3. The summed E-state index contributed by atoms with van der Waals surface area (Å²) in [4.78, 5) is 4.99. The molecule has 0 aliphatic rings. The Bertz CT molecular complexity index is 362. The lowest BCUT2D eigenvalue weighted by Gasteiger charge is -2.03. The lowest BCUT2D eigenvalue weighted by molar-refractivity contribution is 1.03. The van der Waals surface area contributed by atoms with Crippen LogP contribution in [0.25, 0.3) is 0 Å². The minimum atomic E-state index is 0.625. The number of pyridine rings is 1. The molecule has 1 heterocycles. The highest BCUT2D eigenvalue weighted by molar-refractivity contribution is 7.80. The number of nitrogens with zero attached hydrogens (tertiary/aromatic N) is 1. The second-order valence-electron chi connectivity index (χ2n) is 2.98. The molecule has 0 spiro atoms. The van der Waals surface area contributed by atoms with Crippen molar-refractivity contribution in [3.8, 4) is 11.8 Å². The lowest BCUT2D eigenvalue weighted by Crippen LogP contribution is -2.23. The quantitative estimate of drug-likeness (QED) is 0.620.